The lowest BCUT2D eigenvalue weighted by Gasteiger charge is -2.47. The molecule has 0 aromatic heterocycles. The zero-order chi connectivity index (χ0) is 75.3. The van der Waals surface area contributed by atoms with Crippen LogP contribution in [0.15, 0.2) is 392 Å². The van der Waals surface area contributed by atoms with E-state index in [2.05, 4.69) is 448 Å². The van der Waals surface area contributed by atoms with E-state index in [1.165, 1.54) is 53.7 Å². The van der Waals surface area contributed by atoms with E-state index in [9.17, 15) is 0 Å². The van der Waals surface area contributed by atoms with Crippen LogP contribution in [0.4, 0.5) is 85.3 Å². The van der Waals surface area contributed by atoms with Crippen molar-refractivity contribution in [3.63, 3.8) is 0 Å². The second-order valence-electron chi connectivity index (χ2n) is 32.0. The van der Waals surface area contributed by atoms with Crippen molar-refractivity contribution in [3.05, 3.63) is 393 Å². The maximum Gasteiger partial charge on any atom is 0.252 e. The first kappa shape index (κ1) is 68.3. The van der Waals surface area contributed by atoms with Gasteiger partial charge in [0.1, 0.15) is 0 Å². The van der Waals surface area contributed by atoms with Crippen LogP contribution in [-0.4, -0.2) is 13.4 Å². The minimum Gasteiger partial charge on any atom is -0.311 e. The van der Waals surface area contributed by atoms with Crippen molar-refractivity contribution in [1.29, 1.82) is 0 Å². The molecule has 4 aliphatic rings. The molecule has 8 heteroatoms. The van der Waals surface area contributed by atoms with Crippen molar-refractivity contribution < 1.29 is 0 Å². The van der Waals surface area contributed by atoms with Gasteiger partial charge in [-0.15, -0.1) is 0 Å². The van der Waals surface area contributed by atoms with E-state index in [0.717, 1.165) is 130 Å². The summed E-state index contributed by atoms with van der Waals surface area (Å²) in [7, 11) is 0. The molecule has 0 amide bonds. The predicted molar refractivity (Wildman–Crippen MR) is 479 cm³/mol. The van der Waals surface area contributed by atoms with Crippen LogP contribution in [-0.2, 0) is 10.8 Å². The number of fused-ring (bicyclic) bond motifs is 8. The van der Waals surface area contributed by atoms with Gasteiger partial charge >= 0.3 is 0 Å². The van der Waals surface area contributed by atoms with E-state index in [1.807, 2.05) is 11.8 Å². The zero-order valence-corrected chi connectivity index (χ0v) is 64.5. The highest BCUT2D eigenvalue weighted by Gasteiger charge is 2.49. The van der Waals surface area contributed by atoms with Gasteiger partial charge in [0.15, 0.2) is 0 Å². The molecule has 20 rings (SSSR count). The molecule has 534 valence electrons. The minimum atomic E-state index is -0.281. The first-order chi connectivity index (χ1) is 54.9. The lowest BCUT2D eigenvalue weighted by molar-refractivity contribution is 0.590. The van der Waals surface area contributed by atoms with Gasteiger partial charge in [-0.05, 0) is 175 Å². The summed E-state index contributed by atoms with van der Waals surface area (Å²) in [4.78, 5) is 15.4. The fraction of sp³-hybridized carbons (Fsp3) is 0.0769. The molecule has 16 aromatic carbocycles. The molecule has 0 saturated carbocycles. The van der Waals surface area contributed by atoms with Crippen molar-refractivity contribution in [2.24, 2.45) is 0 Å². The number of hydrogen-bond donors (Lipinski definition) is 0. The molecule has 0 spiro atoms. The van der Waals surface area contributed by atoms with Gasteiger partial charge in [0.05, 0.1) is 22.7 Å². The van der Waals surface area contributed by atoms with Crippen LogP contribution in [0, 0.1) is 0 Å². The van der Waals surface area contributed by atoms with E-state index >= 15 is 0 Å². The van der Waals surface area contributed by atoms with Gasteiger partial charge in [0.25, 0.3) is 6.71 Å². The molecular formula is C104H81B2N5S. The molecule has 0 radical (unpaired) electrons. The Morgan fingerprint density at radius 3 is 1.23 bits per heavy atom. The number of nitrogens with zero attached hydrogens (tertiary/aromatic N) is 5. The summed E-state index contributed by atoms with van der Waals surface area (Å²) in [6, 6.07) is 144. The van der Waals surface area contributed by atoms with E-state index in [-0.39, 0.29) is 24.3 Å². The van der Waals surface area contributed by atoms with Crippen LogP contribution in [0.3, 0.4) is 0 Å². The first-order valence-corrected chi connectivity index (χ1v) is 39.9. The summed E-state index contributed by atoms with van der Waals surface area (Å²) in [5.41, 5.74) is 35.4. The fourth-order valence-corrected chi connectivity index (χ4v) is 19.1. The summed E-state index contributed by atoms with van der Waals surface area (Å²) >= 11 is 1.90. The maximum absolute atomic E-state index is 2.72. The Morgan fingerprint density at radius 2 is 0.661 bits per heavy atom. The van der Waals surface area contributed by atoms with Crippen LogP contribution in [0.2, 0.25) is 0 Å². The summed E-state index contributed by atoms with van der Waals surface area (Å²) in [6.45, 7) is 13.4. The molecule has 0 saturated heterocycles. The van der Waals surface area contributed by atoms with Gasteiger partial charge in [-0.3, -0.25) is 0 Å². The third-order valence-corrected chi connectivity index (χ3v) is 24.3. The number of benzene rings is 16. The zero-order valence-electron chi connectivity index (χ0n) is 63.7. The van der Waals surface area contributed by atoms with Crippen molar-refractivity contribution in [2.75, 3.05) is 24.5 Å². The van der Waals surface area contributed by atoms with E-state index in [1.54, 1.807) is 0 Å². The largest absolute Gasteiger partial charge is 0.311 e. The molecule has 4 heterocycles. The average molecular weight is 1450 g/mol. The lowest BCUT2D eigenvalue weighted by Crippen LogP contribution is -2.64. The number of para-hydroxylation sites is 8. The molecule has 5 nitrogen and oxygen atoms in total. The standard InChI is InChI=1S/C104H81B2N5S/c1-103(2,3)74-60-56-72(57-61-74)82-46-25-29-52-90(82)108(78-42-21-11-22-43-78)80-64-95-100-96(65-80)111(102-84(70-34-13-7-14-35-70)48-33-49-85(102)71-36-15-8-16-37-71)94-69-93-88(68-89(94)105(100)86-50-27-31-54-92(86)110(95)91-53-30-26-47-83(91)73-58-62-75(63-59-73)104(4,5)6)106-87-51-28-32-55-98(87)112-99-67-81(66-97(101(99)106)109(93)79-44-23-12-24-45-79)107(76-38-17-9-18-39-76)77-40-19-10-20-41-77/h7-69H,1-6H3. The SMILES string of the molecule is CC(C)(C)c1ccc(-c2ccccc2N(c2ccccc2)c2cc3c4c(c2)N(c2c(-c5ccccc5)cccc2-c2ccccc2)c2cc5c(cc2B4c2ccccc2N3c2ccccc2-c2ccc(C(C)(C)C)cc2)B2c3ccccc3Sc3cc(N(c4ccccc4)c4ccccc4)cc(c32)N5c2ccccc2)cc1. The summed E-state index contributed by atoms with van der Waals surface area (Å²) < 4.78 is 0. The normalized spacial score (nSPS) is 13.0. The van der Waals surface area contributed by atoms with Gasteiger partial charge in [0.2, 0.25) is 6.71 Å². The lowest BCUT2D eigenvalue weighted by atomic mass is 9.30. The molecule has 0 N–H and O–H groups in total. The van der Waals surface area contributed by atoms with Gasteiger partial charge in [-0.25, -0.2) is 0 Å². The predicted octanol–water partition coefficient (Wildman–Crippen LogP) is 24.7. The second-order valence-corrected chi connectivity index (χ2v) is 33.0. The van der Waals surface area contributed by atoms with E-state index in [0.29, 0.717) is 0 Å². The maximum atomic E-state index is 2.72. The van der Waals surface area contributed by atoms with Crippen molar-refractivity contribution >= 4 is 143 Å². The summed E-state index contributed by atoms with van der Waals surface area (Å²) in [6.07, 6.45) is 0. The third kappa shape index (κ3) is 11.7. The quantitative estimate of drug-likeness (QED) is 0.106. The summed E-state index contributed by atoms with van der Waals surface area (Å²) in [5.74, 6) is 0. The smallest absolute Gasteiger partial charge is 0.252 e. The monoisotopic (exact) mass is 1450 g/mol. The highest BCUT2D eigenvalue weighted by atomic mass is 32.2. The van der Waals surface area contributed by atoms with Crippen LogP contribution in [0.25, 0.3) is 44.5 Å². The second kappa shape index (κ2) is 27.5. The Balaban J connectivity index is 0.939. The van der Waals surface area contributed by atoms with Crippen LogP contribution < -0.4 is 57.3 Å². The molecule has 112 heavy (non-hydrogen) atoms. The van der Waals surface area contributed by atoms with Crippen molar-refractivity contribution in [2.45, 2.75) is 62.2 Å². The number of rotatable bonds is 13. The average Bonchev–Trinajstić information content (AvgIpc) is 0.682. The molecule has 0 fully saturated rings. The van der Waals surface area contributed by atoms with Gasteiger partial charge in [0, 0.05) is 94.6 Å². The highest BCUT2D eigenvalue weighted by Crippen LogP contribution is 2.56. The van der Waals surface area contributed by atoms with Crippen LogP contribution in [0.1, 0.15) is 52.7 Å². The van der Waals surface area contributed by atoms with Crippen LogP contribution in [0.5, 0.6) is 0 Å². The molecule has 0 bridgehead atoms. The van der Waals surface area contributed by atoms with Crippen molar-refractivity contribution in [1.82, 2.24) is 0 Å². The highest BCUT2D eigenvalue weighted by molar-refractivity contribution is 8.00. The number of hydrogen-bond acceptors (Lipinski definition) is 6. The molecule has 0 aliphatic carbocycles. The molecule has 16 aromatic rings. The van der Waals surface area contributed by atoms with E-state index < -0.39 is 0 Å². The summed E-state index contributed by atoms with van der Waals surface area (Å²) in [5, 5.41) is 0. The minimum absolute atomic E-state index is 0.0242. The van der Waals surface area contributed by atoms with Gasteiger partial charge in [-0.1, -0.05) is 338 Å². The van der Waals surface area contributed by atoms with Gasteiger partial charge in [-0.2, -0.15) is 0 Å². The Kier molecular flexibility index (Phi) is 16.8. The Morgan fingerprint density at radius 1 is 0.250 bits per heavy atom. The number of anilines is 15. The topological polar surface area (TPSA) is 16.2 Å². The van der Waals surface area contributed by atoms with E-state index in [4.69, 9.17) is 0 Å². The fourth-order valence-electron chi connectivity index (χ4n) is 17.9. The first-order valence-electron chi connectivity index (χ1n) is 39.1. The molecule has 0 atom stereocenters. The van der Waals surface area contributed by atoms with Gasteiger partial charge < -0.3 is 24.5 Å². The van der Waals surface area contributed by atoms with Crippen molar-refractivity contribution in [3.8, 4) is 44.5 Å². The Hall–Kier alpha value is -13.0. The molecule has 4 aliphatic heterocycles. The van der Waals surface area contributed by atoms with Crippen LogP contribution >= 0.6 is 11.8 Å². The Labute approximate surface area is 663 Å². The Bertz CT molecular complexity index is 6170. The molecule has 0 unspecified atom stereocenters. The molecular weight excluding hydrogens is 1370 g/mol. The third-order valence-electron chi connectivity index (χ3n) is 23.2.